The standard InChI is InChI=1S/C21H20ClN5OS/c1-28-18-6-7-19-14(11-18)10-15(13-23)20(27-19)24-8-3-9-25-21(29)26-17-5-2-4-16(22)12-17/h2,4-7,10-12H,3,8-9H2,1H3,(H,24,27)(H2,25,26,29). The molecule has 0 saturated heterocycles. The lowest BCUT2D eigenvalue weighted by Gasteiger charge is -2.12. The van der Waals surface area contributed by atoms with E-state index in [2.05, 4.69) is 27.0 Å². The molecule has 148 valence electrons. The SMILES string of the molecule is COc1ccc2nc(NCCCNC(=S)Nc3cccc(Cl)c3)c(C#N)cc2c1. The van der Waals surface area contributed by atoms with Crippen molar-refractivity contribution in [2.45, 2.75) is 6.42 Å². The number of hydrogen-bond donors (Lipinski definition) is 3. The van der Waals surface area contributed by atoms with Gasteiger partial charge in [-0.25, -0.2) is 4.98 Å². The summed E-state index contributed by atoms with van der Waals surface area (Å²) >= 11 is 11.2. The Morgan fingerprint density at radius 2 is 2.07 bits per heavy atom. The zero-order valence-corrected chi connectivity index (χ0v) is 17.4. The van der Waals surface area contributed by atoms with Crippen LogP contribution in [-0.2, 0) is 0 Å². The second kappa shape index (κ2) is 9.92. The third-order valence-electron chi connectivity index (χ3n) is 4.16. The van der Waals surface area contributed by atoms with Crippen LogP contribution in [0, 0.1) is 11.3 Å². The van der Waals surface area contributed by atoms with Gasteiger partial charge in [0.1, 0.15) is 17.6 Å². The lowest BCUT2D eigenvalue weighted by molar-refractivity contribution is 0.415. The zero-order chi connectivity index (χ0) is 20.6. The van der Waals surface area contributed by atoms with Crippen LogP contribution in [0.4, 0.5) is 11.5 Å². The van der Waals surface area contributed by atoms with E-state index in [0.29, 0.717) is 34.6 Å². The lowest BCUT2D eigenvalue weighted by Crippen LogP contribution is -2.30. The fourth-order valence-electron chi connectivity index (χ4n) is 2.74. The molecule has 6 nitrogen and oxygen atoms in total. The molecule has 2 aromatic carbocycles. The van der Waals surface area contributed by atoms with Crippen molar-refractivity contribution in [1.82, 2.24) is 10.3 Å². The van der Waals surface area contributed by atoms with Crippen molar-refractivity contribution in [3.63, 3.8) is 0 Å². The van der Waals surface area contributed by atoms with Crippen molar-refractivity contribution in [3.8, 4) is 11.8 Å². The molecule has 0 aliphatic rings. The summed E-state index contributed by atoms with van der Waals surface area (Å²) in [4.78, 5) is 4.56. The number of nitriles is 1. The number of thiocarbonyl (C=S) groups is 1. The van der Waals surface area contributed by atoms with Crippen LogP contribution in [0.15, 0.2) is 48.5 Å². The van der Waals surface area contributed by atoms with Gasteiger partial charge in [0.15, 0.2) is 5.11 Å². The molecule has 0 saturated carbocycles. The predicted molar refractivity (Wildman–Crippen MR) is 122 cm³/mol. The number of fused-ring (bicyclic) bond motifs is 1. The maximum absolute atomic E-state index is 9.43. The summed E-state index contributed by atoms with van der Waals surface area (Å²) < 4.78 is 5.22. The van der Waals surface area contributed by atoms with Gasteiger partial charge < -0.3 is 20.7 Å². The number of ether oxygens (including phenoxy) is 1. The van der Waals surface area contributed by atoms with E-state index >= 15 is 0 Å². The maximum Gasteiger partial charge on any atom is 0.170 e. The van der Waals surface area contributed by atoms with Crippen LogP contribution in [0.1, 0.15) is 12.0 Å². The van der Waals surface area contributed by atoms with E-state index < -0.39 is 0 Å². The van der Waals surface area contributed by atoms with Gasteiger partial charge in [-0.05, 0) is 61.1 Å². The Balaban J connectivity index is 1.50. The van der Waals surface area contributed by atoms with Crippen LogP contribution in [0.3, 0.4) is 0 Å². The van der Waals surface area contributed by atoms with E-state index in [4.69, 9.17) is 28.6 Å². The van der Waals surface area contributed by atoms with Crippen LogP contribution in [-0.4, -0.2) is 30.3 Å². The average Bonchev–Trinajstić information content (AvgIpc) is 2.72. The van der Waals surface area contributed by atoms with Crippen molar-refractivity contribution < 1.29 is 4.74 Å². The van der Waals surface area contributed by atoms with Crippen molar-refractivity contribution in [2.75, 3.05) is 30.8 Å². The van der Waals surface area contributed by atoms with Crippen molar-refractivity contribution in [3.05, 3.63) is 59.1 Å². The lowest BCUT2D eigenvalue weighted by atomic mass is 10.1. The summed E-state index contributed by atoms with van der Waals surface area (Å²) in [6.07, 6.45) is 0.796. The van der Waals surface area contributed by atoms with E-state index in [1.807, 2.05) is 48.5 Å². The molecule has 1 aromatic heterocycles. The molecule has 0 spiro atoms. The summed E-state index contributed by atoms with van der Waals surface area (Å²) in [5, 5.41) is 20.9. The molecule has 0 fully saturated rings. The molecule has 8 heteroatoms. The van der Waals surface area contributed by atoms with E-state index in [-0.39, 0.29) is 0 Å². The Hall–Kier alpha value is -3.08. The molecule has 3 aromatic rings. The number of halogens is 1. The fraction of sp³-hybridized carbons (Fsp3) is 0.190. The van der Waals surface area contributed by atoms with Gasteiger partial charge in [0.05, 0.1) is 18.2 Å². The Kier molecular flexibility index (Phi) is 7.06. The molecule has 3 rings (SSSR count). The number of anilines is 2. The first-order chi connectivity index (χ1) is 14.1. The summed E-state index contributed by atoms with van der Waals surface area (Å²) in [5.41, 5.74) is 2.14. The minimum Gasteiger partial charge on any atom is -0.497 e. The first-order valence-corrected chi connectivity index (χ1v) is 9.81. The van der Waals surface area contributed by atoms with Gasteiger partial charge in [-0.3, -0.25) is 0 Å². The van der Waals surface area contributed by atoms with E-state index in [1.54, 1.807) is 7.11 Å². The highest BCUT2D eigenvalue weighted by Gasteiger charge is 2.07. The van der Waals surface area contributed by atoms with E-state index in [9.17, 15) is 5.26 Å². The van der Waals surface area contributed by atoms with Crippen molar-refractivity contribution in [2.24, 2.45) is 0 Å². The monoisotopic (exact) mass is 425 g/mol. The topological polar surface area (TPSA) is 82.0 Å². The summed E-state index contributed by atoms with van der Waals surface area (Å²) in [7, 11) is 1.61. The molecule has 0 amide bonds. The van der Waals surface area contributed by atoms with Gasteiger partial charge in [0.2, 0.25) is 0 Å². The Morgan fingerprint density at radius 3 is 2.83 bits per heavy atom. The third kappa shape index (κ3) is 5.70. The highest BCUT2D eigenvalue weighted by molar-refractivity contribution is 7.80. The second-order valence-corrected chi connectivity index (χ2v) is 7.07. The van der Waals surface area contributed by atoms with Crippen LogP contribution in [0.5, 0.6) is 5.75 Å². The Morgan fingerprint density at radius 1 is 1.21 bits per heavy atom. The van der Waals surface area contributed by atoms with Crippen molar-refractivity contribution >= 4 is 51.3 Å². The van der Waals surface area contributed by atoms with Gasteiger partial charge in [0.25, 0.3) is 0 Å². The third-order valence-corrected chi connectivity index (χ3v) is 4.64. The van der Waals surface area contributed by atoms with Crippen LogP contribution < -0.4 is 20.7 Å². The maximum atomic E-state index is 9.43. The summed E-state index contributed by atoms with van der Waals surface area (Å²) in [5.74, 6) is 1.31. The molecule has 0 unspecified atom stereocenters. The number of benzene rings is 2. The van der Waals surface area contributed by atoms with Gasteiger partial charge in [-0.2, -0.15) is 5.26 Å². The number of hydrogen-bond acceptors (Lipinski definition) is 5. The normalized spacial score (nSPS) is 10.2. The van der Waals surface area contributed by atoms with E-state index in [1.165, 1.54) is 0 Å². The zero-order valence-electron chi connectivity index (χ0n) is 15.8. The molecular formula is C21H20ClN5OS. The number of aromatic nitrogens is 1. The molecule has 0 bridgehead atoms. The number of nitrogens with one attached hydrogen (secondary N) is 3. The molecule has 0 aliphatic heterocycles. The molecule has 3 N–H and O–H groups in total. The van der Waals surface area contributed by atoms with Crippen LogP contribution in [0.25, 0.3) is 10.9 Å². The number of rotatable bonds is 7. The van der Waals surface area contributed by atoms with Crippen molar-refractivity contribution in [1.29, 1.82) is 5.26 Å². The minimum atomic E-state index is 0.497. The quantitative estimate of drug-likeness (QED) is 0.378. The molecule has 0 aliphatic carbocycles. The number of pyridine rings is 1. The summed E-state index contributed by atoms with van der Waals surface area (Å²) in [6, 6.07) is 17.0. The molecule has 1 heterocycles. The average molecular weight is 426 g/mol. The molecule has 29 heavy (non-hydrogen) atoms. The highest BCUT2D eigenvalue weighted by atomic mass is 35.5. The highest BCUT2D eigenvalue weighted by Crippen LogP contribution is 2.24. The minimum absolute atomic E-state index is 0.497. The predicted octanol–water partition coefficient (Wildman–Crippen LogP) is 4.56. The first-order valence-electron chi connectivity index (χ1n) is 9.02. The van der Waals surface area contributed by atoms with E-state index in [0.717, 1.165) is 28.8 Å². The smallest absolute Gasteiger partial charge is 0.170 e. The molecular weight excluding hydrogens is 406 g/mol. The summed E-state index contributed by atoms with van der Waals surface area (Å²) in [6.45, 7) is 1.32. The number of methoxy groups -OCH3 is 1. The molecule has 0 radical (unpaired) electrons. The second-order valence-electron chi connectivity index (χ2n) is 6.23. The first kappa shape index (κ1) is 20.6. The van der Waals surface area contributed by atoms with Gasteiger partial charge in [-0.15, -0.1) is 0 Å². The van der Waals surface area contributed by atoms with Gasteiger partial charge >= 0.3 is 0 Å². The van der Waals surface area contributed by atoms with Gasteiger partial charge in [-0.1, -0.05) is 17.7 Å². The Labute approximate surface area is 179 Å². The Bertz CT molecular complexity index is 1070. The van der Waals surface area contributed by atoms with Gasteiger partial charge in [0, 0.05) is 29.2 Å². The molecule has 0 atom stereocenters. The van der Waals surface area contributed by atoms with Crippen LogP contribution >= 0.6 is 23.8 Å². The fourth-order valence-corrected chi connectivity index (χ4v) is 3.15. The number of nitrogens with zero attached hydrogens (tertiary/aromatic N) is 2. The largest absolute Gasteiger partial charge is 0.497 e. The van der Waals surface area contributed by atoms with Crippen LogP contribution in [0.2, 0.25) is 5.02 Å².